The topological polar surface area (TPSA) is 59.1 Å². The van der Waals surface area contributed by atoms with Crippen LogP contribution in [-0.4, -0.2) is 56.9 Å². The molecule has 0 aromatic heterocycles. The van der Waals surface area contributed by atoms with Crippen molar-refractivity contribution in [2.45, 2.75) is 6.92 Å². The lowest BCUT2D eigenvalue weighted by atomic mass is 10.2. The molecule has 2 rings (SSSR count). The van der Waals surface area contributed by atoms with Crippen molar-refractivity contribution < 1.29 is 19.1 Å². The van der Waals surface area contributed by atoms with Crippen LogP contribution in [0.2, 0.25) is 0 Å². The molecule has 0 atom stereocenters. The van der Waals surface area contributed by atoms with Gasteiger partial charge >= 0.3 is 12.1 Å². The largest absolute Gasteiger partial charge is 0.465 e. The average Bonchev–Trinajstić information content (AvgIpc) is 2.54. The molecule has 1 aliphatic heterocycles. The number of ether oxygens (including phenoxy) is 2. The number of benzene rings is 1. The average molecular weight is 329 g/mol. The smallest absolute Gasteiger partial charge is 0.409 e. The molecule has 22 heavy (non-hydrogen) atoms. The highest BCUT2D eigenvalue weighted by Crippen LogP contribution is 2.18. The maximum Gasteiger partial charge on any atom is 0.409 e. The molecule has 6 nitrogen and oxygen atoms in total. The minimum Gasteiger partial charge on any atom is -0.465 e. The number of hydrogen-bond acceptors (Lipinski definition) is 5. The minimum absolute atomic E-state index is 0. The van der Waals surface area contributed by atoms with Crippen LogP contribution in [0.15, 0.2) is 24.3 Å². The highest BCUT2D eigenvalue weighted by molar-refractivity contribution is 5.89. The lowest BCUT2D eigenvalue weighted by molar-refractivity contribution is 0.0600. The standard InChI is InChI=1S/C15H20N2O4.ClH/c1-3-21-15(19)17-10-8-16(9-11-17)13-6-4-12(5-7-13)14(18)20-2;/h4-7H,3,8-11H2,1-2H3;1H. The highest BCUT2D eigenvalue weighted by atomic mass is 35.5. The first-order chi connectivity index (χ1) is 10.2. The predicted octanol–water partition coefficient (Wildman–Crippen LogP) is 2.17. The van der Waals surface area contributed by atoms with Crippen LogP contribution in [0.4, 0.5) is 10.5 Å². The van der Waals surface area contributed by atoms with E-state index in [9.17, 15) is 9.59 Å². The minimum atomic E-state index is -0.339. The second-order valence-corrected chi connectivity index (χ2v) is 4.71. The van der Waals surface area contributed by atoms with Crippen LogP contribution >= 0.6 is 12.4 Å². The van der Waals surface area contributed by atoms with Crippen LogP contribution in [0.1, 0.15) is 17.3 Å². The number of esters is 1. The van der Waals surface area contributed by atoms with Crippen LogP contribution in [0.5, 0.6) is 0 Å². The number of halogens is 1. The van der Waals surface area contributed by atoms with Gasteiger partial charge in [0, 0.05) is 31.9 Å². The zero-order valence-corrected chi connectivity index (χ0v) is 13.6. The van der Waals surface area contributed by atoms with E-state index in [1.54, 1.807) is 24.0 Å². The summed E-state index contributed by atoms with van der Waals surface area (Å²) in [7, 11) is 1.37. The van der Waals surface area contributed by atoms with Gasteiger partial charge in [-0.1, -0.05) is 0 Å². The third kappa shape index (κ3) is 4.27. The Kier molecular flexibility index (Phi) is 6.98. The van der Waals surface area contributed by atoms with Gasteiger partial charge in [0.2, 0.25) is 0 Å². The Morgan fingerprint density at radius 3 is 2.18 bits per heavy atom. The molecule has 0 spiro atoms. The molecule has 7 heteroatoms. The molecule has 0 saturated carbocycles. The normalized spacial score (nSPS) is 14.1. The lowest BCUT2D eigenvalue weighted by Gasteiger charge is -2.35. The lowest BCUT2D eigenvalue weighted by Crippen LogP contribution is -2.49. The van der Waals surface area contributed by atoms with E-state index in [0.717, 1.165) is 18.8 Å². The van der Waals surface area contributed by atoms with Gasteiger partial charge in [0.05, 0.1) is 19.3 Å². The van der Waals surface area contributed by atoms with Crippen LogP contribution in [0, 0.1) is 0 Å². The van der Waals surface area contributed by atoms with E-state index in [0.29, 0.717) is 25.3 Å². The first kappa shape index (κ1) is 18.1. The summed E-state index contributed by atoms with van der Waals surface area (Å²) in [6.07, 6.45) is -0.252. The molecule has 1 amide bonds. The summed E-state index contributed by atoms with van der Waals surface area (Å²) in [5.41, 5.74) is 1.57. The Morgan fingerprint density at radius 2 is 1.68 bits per heavy atom. The number of carbonyl (C=O) groups excluding carboxylic acids is 2. The summed E-state index contributed by atoms with van der Waals surface area (Å²) < 4.78 is 9.67. The van der Waals surface area contributed by atoms with Crippen molar-refractivity contribution in [3.63, 3.8) is 0 Å². The third-order valence-corrected chi connectivity index (χ3v) is 3.46. The van der Waals surface area contributed by atoms with E-state index >= 15 is 0 Å². The van der Waals surface area contributed by atoms with Gasteiger partial charge in [-0.3, -0.25) is 0 Å². The first-order valence-corrected chi connectivity index (χ1v) is 7.00. The molecule has 0 N–H and O–H groups in total. The van der Waals surface area contributed by atoms with E-state index in [-0.39, 0.29) is 24.5 Å². The number of methoxy groups -OCH3 is 1. The summed E-state index contributed by atoms with van der Waals surface area (Å²) >= 11 is 0. The zero-order valence-electron chi connectivity index (χ0n) is 12.8. The summed E-state index contributed by atoms with van der Waals surface area (Å²) in [6, 6.07) is 7.29. The summed E-state index contributed by atoms with van der Waals surface area (Å²) in [5.74, 6) is -0.339. The molecule has 0 aliphatic carbocycles. The second kappa shape index (κ2) is 8.48. The van der Waals surface area contributed by atoms with Gasteiger partial charge < -0.3 is 19.3 Å². The second-order valence-electron chi connectivity index (χ2n) is 4.71. The molecule has 1 aromatic carbocycles. The zero-order chi connectivity index (χ0) is 15.2. The van der Waals surface area contributed by atoms with E-state index in [1.165, 1.54) is 7.11 Å². The SMILES string of the molecule is CCOC(=O)N1CCN(c2ccc(C(=O)OC)cc2)CC1.Cl. The Balaban J connectivity index is 0.00000242. The van der Waals surface area contributed by atoms with Gasteiger partial charge in [-0.25, -0.2) is 9.59 Å². The van der Waals surface area contributed by atoms with Gasteiger partial charge in [-0.2, -0.15) is 0 Å². The van der Waals surface area contributed by atoms with Crippen molar-refractivity contribution in [3.8, 4) is 0 Å². The van der Waals surface area contributed by atoms with Gasteiger partial charge in [-0.15, -0.1) is 12.4 Å². The van der Waals surface area contributed by atoms with Crippen LogP contribution in [-0.2, 0) is 9.47 Å². The highest BCUT2D eigenvalue weighted by Gasteiger charge is 2.22. The van der Waals surface area contributed by atoms with Crippen molar-refractivity contribution >= 4 is 30.2 Å². The molecule has 0 unspecified atom stereocenters. The van der Waals surface area contributed by atoms with E-state index in [1.807, 2.05) is 12.1 Å². The number of anilines is 1. The molecule has 0 radical (unpaired) electrons. The summed E-state index contributed by atoms with van der Waals surface area (Å²) in [5, 5.41) is 0. The van der Waals surface area contributed by atoms with Gasteiger partial charge in [0.25, 0.3) is 0 Å². The van der Waals surface area contributed by atoms with Crippen LogP contribution in [0.3, 0.4) is 0 Å². The summed E-state index contributed by atoms with van der Waals surface area (Å²) in [4.78, 5) is 26.9. The van der Waals surface area contributed by atoms with Gasteiger partial charge in [0.15, 0.2) is 0 Å². The maximum atomic E-state index is 11.6. The molecule has 122 valence electrons. The predicted molar refractivity (Wildman–Crippen MR) is 85.8 cm³/mol. The third-order valence-electron chi connectivity index (χ3n) is 3.46. The molecule has 1 fully saturated rings. The van der Waals surface area contributed by atoms with E-state index in [2.05, 4.69) is 9.64 Å². The molecule has 1 saturated heterocycles. The molecule has 1 aromatic rings. The number of rotatable bonds is 3. The quantitative estimate of drug-likeness (QED) is 0.796. The Labute approximate surface area is 136 Å². The van der Waals surface area contributed by atoms with Crippen molar-refractivity contribution in [1.29, 1.82) is 0 Å². The number of nitrogens with zero attached hydrogens (tertiary/aromatic N) is 2. The van der Waals surface area contributed by atoms with Crippen molar-refractivity contribution in [3.05, 3.63) is 29.8 Å². The molecule has 1 aliphatic rings. The Morgan fingerprint density at radius 1 is 1.09 bits per heavy atom. The van der Waals surface area contributed by atoms with Gasteiger partial charge in [0.1, 0.15) is 0 Å². The number of amides is 1. The summed E-state index contributed by atoms with van der Waals surface area (Å²) in [6.45, 7) is 4.97. The Hall–Kier alpha value is -1.95. The fraction of sp³-hybridized carbons (Fsp3) is 0.467. The first-order valence-electron chi connectivity index (χ1n) is 7.00. The Bertz CT molecular complexity index is 499. The molecular formula is C15H21ClN2O4. The van der Waals surface area contributed by atoms with Crippen LogP contribution in [0.25, 0.3) is 0 Å². The molecule has 0 bridgehead atoms. The monoisotopic (exact) mass is 328 g/mol. The van der Waals surface area contributed by atoms with Gasteiger partial charge in [-0.05, 0) is 31.2 Å². The molecule has 1 heterocycles. The van der Waals surface area contributed by atoms with Crippen LogP contribution < -0.4 is 4.90 Å². The van der Waals surface area contributed by atoms with E-state index in [4.69, 9.17) is 4.74 Å². The molecular weight excluding hydrogens is 308 g/mol. The number of piperazine rings is 1. The maximum absolute atomic E-state index is 11.6. The number of hydrogen-bond donors (Lipinski definition) is 0. The fourth-order valence-corrected chi connectivity index (χ4v) is 2.29. The van der Waals surface area contributed by atoms with Crippen molar-refractivity contribution in [2.24, 2.45) is 0 Å². The fourth-order valence-electron chi connectivity index (χ4n) is 2.29. The van der Waals surface area contributed by atoms with Crippen molar-refractivity contribution in [2.75, 3.05) is 44.8 Å². The van der Waals surface area contributed by atoms with Crippen molar-refractivity contribution in [1.82, 2.24) is 4.90 Å². The number of carbonyl (C=O) groups is 2. The van der Waals surface area contributed by atoms with E-state index < -0.39 is 0 Å².